The molecule has 0 fully saturated rings. The van der Waals surface area contributed by atoms with Gasteiger partial charge in [-0.3, -0.25) is 9.59 Å². The van der Waals surface area contributed by atoms with E-state index in [1.807, 2.05) is 52.0 Å². The molecule has 0 unspecified atom stereocenters. The van der Waals surface area contributed by atoms with E-state index < -0.39 is 28.7 Å². The highest BCUT2D eigenvalue weighted by molar-refractivity contribution is 7.90. The van der Waals surface area contributed by atoms with Gasteiger partial charge < -0.3 is 15.0 Å². The zero-order chi connectivity index (χ0) is 28.6. The maximum absolute atomic E-state index is 14.0. The molecular formula is C28H42N4O5S. The fourth-order valence-corrected chi connectivity index (χ4v) is 5.11. The van der Waals surface area contributed by atoms with E-state index in [2.05, 4.69) is 5.32 Å². The second-order valence-electron chi connectivity index (χ2n) is 10.0. The van der Waals surface area contributed by atoms with Gasteiger partial charge in [0.2, 0.25) is 11.8 Å². The van der Waals surface area contributed by atoms with Crippen molar-refractivity contribution in [2.45, 2.75) is 53.6 Å². The van der Waals surface area contributed by atoms with Crippen LogP contribution in [0.3, 0.4) is 0 Å². The molecule has 210 valence electrons. The Bertz CT molecular complexity index is 1210. The summed E-state index contributed by atoms with van der Waals surface area (Å²) in [7, 11) is 0.402. The van der Waals surface area contributed by atoms with E-state index in [-0.39, 0.29) is 18.4 Å². The van der Waals surface area contributed by atoms with Gasteiger partial charge in [-0.1, -0.05) is 45.0 Å². The van der Waals surface area contributed by atoms with E-state index >= 15 is 0 Å². The third kappa shape index (κ3) is 7.94. The molecule has 0 saturated carbocycles. The van der Waals surface area contributed by atoms with Crippen LogP contribution < -0.4 is 14.4 Å². The first-order valence-corrected chi connectivity index (χ1v) is 14.2. The number of carbonyl (C=O) groups excluding carboxylic acids is 2. The van der Waals surface area contributed by atoms with Gasteiger partial charge in [-0.15, -0.1) is 0 Å². The van der Waals surface area contributed by atoms with Gasteiger partial charge in [0.15, 0.2) is 0 Å². The van der Waals surface area contributed by atoms with Crippen molar-refractivity contribution < 1.29 is 22.7 Å². The summed E-state index contributed by atoms with van der Waals surface area (Å²) in [5.74, 6) is 0.111. The van der Waals surface area contributed by atoms with Crippen molar-refractivity contribution >= 4 is 27.7 Å². The van der Waals surface area contributed by atoms with Crippen LogP contribution in [-0.2, 0) is 26.3 Å². The van der Waals surface area contributed by atoms with Crippen molar-refractivity contribution in [1.82, 2.24) is 14.5 Å². The highest BCUT2D eigenvalue weighted by Crippen LogP contribution is 2.26. The maximum Gasteiger partial charge on any atom is 0.304 e. The first-order valence-electron chi connectivity index (χ1n) is 12.8. The van der Waals surface area contributed by atoms with Gasteiger partial charge in [-0.2, -0.15) is 12.7 Å². The molecule has 0 heterocycles. The average molecular weight is 547 g/mol. The Hall–Kier alpha value is -3.11. The number of benzene rings is 2. The molecule has 2 aromatic rings. The second-order valence-corrected chi connectivity index (χ2v) is 12.1. The van der Waals surface area contributed by atoms with Gasteiger partial charge >= 0.3 is 10.2 Å². The van der Waals surface area contributed by atoms with E-state index in [4.69, 9.17) is 4.74 Å². The summed E-state index contributed by atoms with van der Waals surface area (Å²) in [5.41, 5.74) is 2.77. The average Bonchev–Trinajstić information content (AvgIpc) is 2.87. The SMILES string of the molecule is CC[C@H](C(=O)NCC(C)C)N(Cc1cccc(OC)c1)C(=O)CN(c1cc(C)ccc1C)S(=O)(=O)N(C)C. The first-order chi connectivity index (χ1) is 17.8. The number of ether oxygens (including phenoxy) is 1. The minimum atomic E-state index is -4.02. The number of aryl methyl sites for hydroxylation is 2. The van der Waals surface area contributed by atoms with Gasteiger partial charge in [0, 0.05) is 27.2 Å². The molecule has 0 bridgehead atoms. The highest BCUT2D eigenvalue weighted by atomic mass is 32.2. The molecule has 0 aromatic heterocycles. The van der Waals surface area contributed by atoms with Crippen LogP contribution in [0, 0.1) is 19.8 Å². The van der Waals surface area contributed by atoms with E-state index in [1.54, 1.807) is 32.2 Å². The molecule has 2 rings (SSSR count). The van der Waals surface area contributed by atoms with E-state index in [1.165, 1.54) is 19.0 Å². The van der Waals surface area contributed by atoms with Crippen molar-refractivity contribution in [3.8, 4) is 5.75 Å². The quantitative estimate of drug-likeness (QED) is 0.415. The van der Waals surface area contributed by atoms with Gasteiger partial charge in [0.05, 0.1) is 12.8 Å². The van der Waals surface area contributed by atoms with Crippen molar-refractivity contribution in [2.24, 2.45) is 5.92 Å². The summed E-state index contributed by atoms with van der Waals surface area (Å²) in [4.78, 5) is 28.7. The molecule has 0 saturated heterocycles. The predicted molar refractivity (Wildman–Crippen MR) is 151 cm³/mol. The standard InChI is InChI=1S/C28H42N4O5S/c1-9-25(28(34)29-17-20(2)3)31(18-23-11-10-12-24(16-23)37-8)27(33)19-32(38(35,36)30(6)7)26-15-21(4)13-14-22(26)5/h10-16,20,25H,9,17-19H2,1-8H3,(H,29,34)/t25-/m1/s1. The van der Waals surface area contributed by atoms with Gasteiger partial charge in [-0.05, 0) is 61.1 Å². The van der Waals surface area contributed by atoms with Crippen LogP contribution in [0.1, 0.15) is 43.9 Å². The Morgan fingerprint density at radius 2 is 1.74 bits per heavy atom. The lowest BCUT2D eigenvalue weighted by Gasteiger charge is -2.34. The lowest BCUT2D eigenvalue weighted by atomic mass is 10.1. The van der Waals surface area contributed by atoms with E-state index in [9.17, 15) is 18.0 Å². The number of hydrogen-bond donors (Lipinski definition) is 1. The highest BCUT2D eigenvalue weighted by Gasteiger charge is 2.34. The smallest absolute Gasteiger partial charge is 0.304 e. The molecule has 1 N–H and O–H groups in total. The van der Waals surface area contributed by atoms with Crippen LogP contribution in [0.25, 0.3) is 0 Å². The predicted octanol–water partition coefficient (Wildman–Crippen LogP) is 3.50. The molecule has 0 aliphatic carbocycles. The van der Waals surface area contributed by atoms with E-state index in [0.29, 0.717) is 24.4 Å². The lowest BCUT2D eigenvalue weighted by molar-refractivity contribution is -0.140. The van der Waals surface area contributed by atoms with Crippen LogP contribution in [0.5, 0.6) is 5.75 Å². The minimum absolute atomic E-state index is 0.117. The zero-order valence-corrected chi connectivity index (χ0v) is 24.6. The number of nitrogens with zero attached hydrogens (tertiary/aromatic N) is 3. The maximum atomic E-state index is 14.0. The van der Waals surface area contributed by atoms with Crippen molar-refractivity contribution in [1.29, 1.82) is 0 Å². The third-order valence-corrected chi connectivity index (χ3v) is 8.02. The summed E-state index contributed by atoms with van der Waals surface area (Å²) in [5, 5.41) is 2.93. The number of anilines is 1. The lowest BCUT2D eigenvalue weighted by Crippen LogP contribution is -2.53. The Labute approximate surface area is 227 Å². The number of amides is 2. The van der Waals surface area contributed by atoms with Crippen molar-refractivity contribution in [3.05, 3.63) is 59.2 Å². The molecule has 0 spiro atoms. The molecule has 2 aromatic carbocycles. The Kier molecular flexibility index (Phi) is 11.1. The first kappa shape index (κ1) is 31.1. The van der Waals surface area contributed by atoms with Crippen LogP contribution in [0.2, 0.25) is 0 Å². The molecular weight excluding hydrogens is 504 g/mol. The normalized spacial score (nSPS) is 12.4. The van der Waals surface area contributed by atoms with Gasteiger partial charge in [0.25, 0.3) is 0 Å². The Morgan fingerprint density at radius 1 is 1.05 bits per heavy atom. The van der Waals surface area contributed by atoms with Gasteiger partial charge in [-0.25, -0.2) is 4.31 Å². The number of methoxy groups -OCH3 is 1. The van der Waals surface area contributed by atoms with Crippen molar-refractivity contribution in [3.63, 3.8) is 0 Å². The molecule has 0 aliphatic rings. The summed E-state index contributed by atoms with van der Waals surface area (Å²) in [6, 6.07) is 12.0. The molecule has 10 heteroatoms. The molecule has 0 aliphatic heterocycles. The Morgan fingerprint density at radius 3 is 2.32 bits per heavy atom. The van der Waals surface area contributed by atoms with Gasteiger partial charge in [0.1, 0.15) is 18.3 Å². The van der Waals surface area contributed by atoms with Crippen LogP contribution >= 0.6 is 0 Å². The second kappa shape index (κ2) is 13.6. The largest absolute Gasteiger partial charge is 0.497 e. The number of carbonyl (C=O) groups is 2. The van der Waals surface area contributed by atoms with Crippen LogP contribution in [0.4, 0.5) is 5.69 Å². The molecule has 38 heavy (non-hydrogen) atoms. The summed E-state index contributed by atoms with van der Waals surface area (Å²) in [6.45, 7) is 9.63. The number of rotatable bonds is 13. The summed E-state index contributed by atoms with van der Waals surface area (Å²) in [6.07, 6.45) is 0.365. The zero-order valence-electron chi connectivity index (χ0n) is 23.8. The number of nitrogens with one attached hydrogen (secondary N) is 1. The fraction of sp³-hybridized carbons (Fsp3) is 0.500. The minimum Gasteiger partial charge on any atom is -0.497 e. The fourth-order valence-electron chi connectivity index (χ4n) is 4.00. The summed E-state index contributed by atoms with van der Waals surface area (Å²) < 4.78 is 34.4. The van der Waals surface area contributed by atoms with Crippen LogP contribution in [0.15, 0.2) is 42.5 Å². The topological polar surface area (TPSA) is 99.3 Å². The molecule has 2 amide bonds. The molecule has 0 radical (unpaired) electrons. The molecule has 1 atom stereocenters. The number of hydrogen-bond acceptors (Lipinski definition) is 5. The summed E-state index contributed by atoms with van der Waals surface area (Å²) >= 11 is 0. The van der Waals surface area contributed by atoms with E-state index in [0.717, 1.165) is 25.3 Å². The monoisotopic (exact) mass is 546 g/mol. The molecule has 9 nitrogen and oxygen atoms in total. The third-order valence-electron chi connectivity index (χ3n) is 6.21. The Balaban J connectivity index is 2.55. The van der Waals surface area contributed by atoms with Crippen molar-refractivity contribution in [2.75, 3.05) is 38.6 Å². The van der Waals surface area contributed by atoms with Crippen LogP contribution in [-0.4, -0.2) is 69.8 Å².